The lowest BCUT2D eigenvalue weighted by Crippen LogP contribution is -2.01. The van der Waals surface area contributed by atoms with Crippen LogP contribution in [0.25, 0.3) is 0 Å². The van der Waals surface area contributed by atoms with Gasteiger partial charge in [0.1, 0.15) is 11.2 Å². The molecule has 0 amide bonds. The molecule has 15 heavy (non-hydrogen) atoms. The van der Waals surface area contributed by atoms with E-state index in [2.05, 4.69) is 4.74 Å². The van der Waals surface area contributed by atoms with E-state index in [1.165, 1.54) is 14.2 Å². The van der Waals surface area contributed by atoms with Crippen molar-refractivity contribution >= 4 is 17.7 Å². The van der Waals surface area contributed by atoms with Crippen molar-refractivity contribution in [2.45, 2.75) is 4.90 Å². The summed E-state index contributed by atoms with van der Waals surface area (Å²) in [7, 11) is 2.82. The molecule has 1 rings (SSSR count). The topological polar surface area (TPSA) is 59.3 Å². The fraction of sp³-hybridized carbons (Fsp3) is 0.200. The minimum atomic E-state index is -0.433. The average Bonchev–Trinajstić information content (AvgIpc) is 2.28. The average molecular weight is 223 g/mol. The summed E-state index contributed by atoms with van der Waals surface area (Å²) in [5.41, 5.74) is 0.399. The standard InChI is InChI=1S/C10H9NO3S/c1-13-8-4-3-7(10(12)14-2)5-9(8)15-6-11/h3-5H,1-2H3. The molecule has 0 N–H and O–H groups in total. The van der Waals surface area contributed by atoms with Crippen LogP contribution >= 0.6 is 11.8 Å². The maximum absolute atomic E-state index is 11.2. The van der Waals surface area contributed by atoms with Crippen LogP contribution in [0.4, 0.5) is 0 Å². The fourth-order valence-electron chi connectivity index (χ4n) is 1.05. The van der Waals surface area contributed by atoms with E-state index in [0.29, 0.717) is 16.2 Å². The monoisotopic (exact) mass is 223 g/mol. The van der Waals surface area contributed by atoms with E-state index >= 15 is 0 Å². The molecule has 0 bridgehead atoms. The first kappa shape index (κ1) is 11.4. The lowest BCUT2D eigenvalue weighted by molar-refractivity contribution is 0.0600. The summed E-state index contributed by atoms with van der Waals surface area (Å²) in [5, 5.41) is 10.5. The van der Waals surface area contributed by atoms with Crippen LogP contribution in [0.5, 0.6) is 5.75 Å². The third kappa shape index (κ3) is 2.64. The molecule has 0 heterocycles. The fourth-order valence-corrected chi connectivity index (χ4v) is 1.59. The highest BCUT2D eigenvalue weighted by Crippen LogP contribution is 2.29. The van der Waals surface area contributed by atoms with E-state index in [-0.39, 0.29) is 0 Å². The Kier molecular flexibility index (Phi) is 4.01. The summed E-state index contributed by atoms with van der Waals surface area (Å²) in [6.07, 6.45) is 0. The first-order chi connectivity index (χ1) is 7.22. The number of thiocyanates is 1. The number of rotatable bonds is 3. The summed E-state index contributed by atoms with van der Waals surface area (Å²) in [4.78, 5) is 11.8. The molecule has 0 aliphatic carbocycles. The maximum atomic E-state index is 11.2. The second kappa shape index (κ2) is 5.27. The second-order valence-corrected chi connectivity index (χ2v) is 3.38. The third-order valence-electron chi connectivity index (χ3n) is 1.74. The molecule has 0 atom stereocenters. The number of nitriles is 1. The van der Waals surface area contributed by atoms with Crippen LogP contribution in [0, 0.1) is 10.7 Å². The van der Waals surface area contributed by atoms with Gasteiger partial charge >= 0.3 is 5.97 Å². The first-order valence-corrected chi connectivity index (χ1v) is 4.87. The first-order valence-electron chi connectivity index (χ1n) is 4.05. The Balaban J connectivity index is 3.11. The van der Waals surface area contributed by atoms with Gasteiger partial charge in [0.2, 0.25) is 0 Å². The molecule has 0 unspecified atom stereocenters. The zero-order chi connectivity index (χ0) is 11.3. The Labute approximate surface area is 91.8 Å². The molecular formula is C10H9NO3S. The number of thioether (sulfide) groups is 1. The molecule has 0 saturated heterocycles. The Morgan fingerprint density at radius 3 is 2.73 bits per heavy atom. The molecule has 0 aliphatic rings. The SMILES string of the molecule is COC(=O)c1ccc(OC)c(SC#N)c1. The van der Waals surface area contributed by atoms with E-state index in [1.807, 2.05) is 5.40 Å². The number of hydrogen-bond acceptors (Lipinski definition) is 5. The summed E-state index contributed by atoms with van der Waals surface area (Å²) in [6, 6.07) is 4.79. The zero-order valence-corrected chi connectivity index (χ0v) is 9.13. The van der Waals surface area contributed by atoms with Gasteiger partial charge < -0.3 is 9.47 Å². The van der Waals surface area contributed by atoms with E-state index in [4.69, 9.17) is 10.00 Å². The number of ether oxygens (including phenoxy) is 2. The molecule has 1 aromatic rings. The van der Waals surface area contributed by atoms with E-state index in [0.717, 1.165) is 11.8 Å². The van der Waals surface area contributed by atoms with Gasteiger partial charge in [-0.05, 0) is 30.0 Å². The molecule has 0 spiro atoms. The Morgan fingerprint density at radius 2 is 2.20 bits per heavy atom. The predicted molar refractivity (Wildman–Crippen MR) is 55.8 cm³/mol. The number of benzene rings is 1. The number of carbonyl (C=O) groups is 1. The minimum absolute atomic E-state index is 0.399. The Bertz CT molecular complexity index is 412. The molecule has 5 heteroatoms. The van der Waals surface area contributed by atoms with Gasteiger partial charge in [-0.2, -0.15) is 5.26 Å². The molecule has 4 nitrogen and oxygen atoms in total. The summed E-state index contributed by atoms with van der Waals surface area (Å²) in [6.45, 7) is 0. The van der Waals surface area contributed by atoms with Crippen molar-refractivity contribution in [3.63, 3.8) is 0 Å². The van der Waals surface area contributed by atoms with Gasteiger partial charge in [-0.15, -0.1) is 0 Å². The molecule has 0 aromatic heterocycles. The van der Waals surface area contributed by atoms with Crippen molar-refractivity contribution in [1.29, 1.82) is 5.26 Å². The summed E-state index contributed by atoms with van der Waals surface area (Å²) >= 11 is 0.941. The quantitative estimate of drug-likeness (QED) is 0.446. The van der Waals surface area contributed by atoms with E-state index in [1.54, 1.807) is 18.2 Å². The smallest absolute Gasteiger partial charge is 0.337 e. The van der Waals surface area contributed by atoms with Gasteiger partial charge in [-0.3, -0.25) is 0 Å². The highest BCUT2D eigenvalue weighted by molar-refractivity contribution is 8.03. The lowest BCUT2D eigenvalue weighted by atomic mass is 10.2. The molecule has 0 fully saturated rings. The molecule has 0 saturated carbocycles. The highest BCUT2D eigenvalue weighted by atomic mass is 32.2. The van der Waals surface area contributed by atoms with Crippen LogP contribution in [0.15, 0.2) is 23.1 Å². The van der Waals surface area contributed by atoms with Crippen LogP contribution in [-0.4, -0.2) is 20.2 Å². The predicted octanol–water partition coefficient (Wildman–Crippen LogP) is 2.05. The normalized spacial score (nSPS) is 9.13. The van der Waals surface area contributed by atoms with Gasteiger partial charge in [0, 0.05) is 0 Å². The van der Waals surface area contributed by atoms with Crippen molar-refractivity contribution in [2.75, 3.05) is 14.2 Å². The Hall–Kier alpha value is -1.67. The molecule has 0 radical (unpaired) electrons. The van der Waals surface area contributed by atoms with E-state index in [9.17, 15) is 4.79 Å². The van der Waals surface area contributed by atoms with Crippen LogP contribution in [0.2, 0.25) is 0 Å². The van der Waals surface area contributed by atoms with Crippen LogP contribution in [0.3, 0.4) is 0 Å². The second-order valence-electron chi connectivity index (χ2n) is 2.55. The minimum Gasteiger partial charge on any atom is -0.496 e. The van der Waals surface area contributed by atoms with Gasteiger partial charge in [0.05, 0.1) is 24.7 Å². The highest BCUT2D eigenvalue weighted by Gasteiger charge is 2.10. The maximum Gasteiger partial charge on any atom is 0.337 e. The third-order valence-corrected chi connectivity index (χ3v) is 2.37. The molecular weight excluding hydrogens is 214 g/mol. The van der Waals surface area contributed by atoms with Crippen LogP contribution in [0.1, 0.15) is 10.4 Å². The molecule has 1 aromatic carbocycles. The van der Waals surface area contributed by atoms with Gasteiger partial charge in [-0.25, -0.2) is 4.79 Å². The number of esters is 1. The van der Waals surface area contributed by atoms with Crippen molar-refractivity contribution in [3.8, 4) is 11.2 Å². The number of methoxy groups -OCH3 is 2. The van der Waals surface area contributed by atoms with Crippen LogP contribution < -0.4 is 4.74 Å². The number of hydrogen-bond donors (Lipinski definition) is 0. The van der Waals surface area contributed by atoms with Gasteiger partial charge in [0.15, 0.2) is 0 Å². The van der Waals surface area contributed by atoms with Gasteiger partial charge in [0.25, 0.3) is 0 Å². The lowest BCUT2D eigenvalue weighted by Gasteiger charge is -2.06. The molecule has 0 aliphatic heterocycles. The Morgan fingerprint density at radius 1 is 1.47 bits per heavy atom. The van der Waals surface area contributed by atoms with Crippen molar-refractivity contribution in [1.82, 2.24) is 0 Å². The number of carbonyl (C=O) groups excluding carboxylic acids is 1. The summed E-state index contributed by atoms with van der Waals surface area (Å²) < 4.78 is 9.61. The molecule has 78 valence electrons. The van der Waals surface area contributed by atoms with Gasteiger partial charge in [-0.1, -0.05) is 0 Å². The largest absolute Gasteiger partial charge is 0.496 e. The van der Waals surface area contributed by atoms with E-state index < -0.39 is 5.97 Å². The van der Waals surface area contributed by atoms with Crippen molar-refractivity contribution in [3.05, 3.63) is 23.8 Å². The van der Waals surface area contributed by atoms with Crippen LogP contribution in [-0.2, 0) is 4.74 Å². The van der Waals surface area contributed by atoms with Crippen molar-refractivity contribution in [2.24, 2.45) is 0 Å². The van der Waals surface area contributed by atoms with Crippen molar-refractivity contribution < 1.29 is 14.3 Å². The zero-order valence-electron chi connectivity index (χ0n) is 8.31. The number of nitrogens with zero attached hydrogens (tertiary/aromatic N) is 1. The summed E-state index contributed by atoms with van der Waals surface area (Å²) in [5.74, 6) is 0.131.